The first-order valence-electron chi connectivity index (χ1n) is 6.97. The van der Waals surface area contributed by atoms with Gasteiger partial charge in [-0.1, -0.05) is 0 Å². The molecule has 0 aliphatic carbocycles. The van der Waals surface area contributed by atoms with E-state index in [4.69, 9.17) is 9.47 Å². The van der Waals surface area contributed by atoms with Gasteiger partial charge in [0, 0.05) is 37.8 Å². The fourth-order valence-electron chi connectivity index (χ4n) is 2.54. The Morgan fingerprint density at radius 2 is 2.25 bits per heavy atom. The molecule has 6 nitrogen and oxygen atoms in total. The molecule has 2 aliphatic heterocycles. The lowest BCUT2D eigenvalue weighted by Gasteiger charge is -2.28. The van der Waals surface area contributed by atoms with E-state index in [1.165, 1.54) is 0 Å². The third-order valence-electron chi connectivity index (χ3n) is 3.59. The van der Waals surface area contributed by atoms with Crippen LogP contribution in [0.4, 0.5) is 5.13 Å². The average molecular weight is 297 g/mol. The van der Waals surface area contributed by atoms with Gasteiger partial charge >= 0.3 is 0 Å². The summed E-state index contributed by atoms with van der Waals surface area (Å²) in [5, 5.41) is 3.02. The number of carbonyl (C=O) groups excluding carboxylic acids is 1. The van der Waals surface area contributed by atoms with Crippen LogP contribution in [0.15, 0.2) is 11.6 Å². The van der Waals surface area contributed by atoms with E-state index in [9.17, 15) is 4.79 Å². The Kier molecular flexibility index (Phi) is 4.49. The van der Waals surface area contributed by atoms with Crippen molar-refractivity contribution in [2.24, 2.45) is 0 Å². The summed E-state index contributed by atoms with van der Waals surface area (Å²) in [5.41, 5.74) is 0. The fraction of sp³-hybridized carbons (Fsp3) is 0.692. The van der Waals surface area contributed by atoms with Crippen molar-refractivity contribution in [1.29, 1.82) is 0 Å². The van der Waals surface area contributed by atoms with Crippen LogP contribution in [0, 0.1) is 0 Å². The number of amides is 1. The number of aromatic nitrogens is 1. The van der Waals surface area contributed by atoms with Crippen LogP contribution < -0.4 is 4.90 Å². The molecule has 0 spiro atoms. The fourth-order valence-corrected chi connectivity index (χ4v) is 3.23. The van der Waals surface area contributed by atoms with Crippen LogP contribution in [0.1, 0.15) is 6.42 Å². The van der Waals surface area contributed by atoms with E-state index in [2.05, 4.69) is 9.88 Å². The standard InChI is InChI=1S/C13H19N3O3S/c17-12(11-10-18-7-8-19-11)15-3-1-4-16(6-5-15)13-14-2-9-20-13/h2,9,11H,1,3-8,10H2. The number of carbonyl (C=O) groups is 1. The van der Waals surface area contributed by atoms with Crippen molar-refractivity contribution >= 4 is 22.4 Å². The number of hydrogen-bond donors (Lipinski definition) is 0. The molecule has 0 radical (unpaired) electrons. The summed E-state index contributed by atoms with van der Waals surface area (Å²) in [4.78, 5) is 20.9. The van der Waals surface area contributed by atoms with Crippen molar-refractivity contribution in [1.82, 2.24) is 9.88 Å². The third-order valence-corrected chi connectivity index (χ3v) is 4.42. The molecule has 3 heterocycles. The maximum Gasteiger partial charge on any atom is 0.254 e. The molecular weight excluding hydrogens is 278 g/mol. The second kappa shape index (κ2) is 6.51. The van der Waals surface area contributed by atoms with Crippen LogP contribution in [0.25, 0.3) is 0 Å². The molecule has 1 aromatic rings. The molecular formula is C13H19N3O3S. The summed E-state index contributed by atoms with van der Waals surface area (Å²) >= 11 is 1.64. The van der Waals surface area contributed by atoms with Crippen LogP contribution in [-0.4, -0.2) is 67.9 Å². The van der Waals surface area contributed by atoms with Crippen molar-refractivity contribution < 1.29 is 14.3 Å². The molecule has 20 heavy (non-hydrogen) atoms. The first-order valence-corrected chi connectivity index (χ1v) is 7.85. The SMILES string of the molecule is O=C(C1COCCO1)N1CCCN(c2nccs2)CC1. The minimum atomic E-state index is -0.421. The van der Waals surface area contributed by atoms with Gasteiger partial charge in [-0.3, -0.25) is 4.79 Å². The molecule has 0 N–H and O–H groups in total. The van der Waals surface area contributed by atoms with E-state index in [0.717, 1.165) is 37.7 Å². The summed E-state index contributed by atoms with van der Waals surface area (Å²) in [6.45, 7) is 4.74. The van der Waals surface area contributed by atoms with Gasteiger partial charge in [-0.05, 0) is 6.42 Å². The van der Waals surface area contributed by atoms with Gasteiger partial charge in [0.2, 0.25) is 0 Å². The smallest absolute Gasteiger partial charge is 0.254 e. The average Bonchev–Trinajstić information content (AvgIpc) is 2.92. The zero-order valence-corrected chi connectivity index (χ0v) is 12.2. The second-order valence-corrected chi connectivity index (χ2v) is 5.79. The molecule has 0 saturated carbocycles. The lowest BCUT2D eigenvalue weighted by molar-refractivity contribution is -0.157. The van der Waals surface area contributed by atoms with Gasteiger partial charge in [0.05, 0.1) is 19.8 Å². The number of hydrogen-bond acceptors (Lipinski definition) is 6. The third kappa shape index (κ3) is 3.11. The monoisotopic (exact) mass is 297 g/mol. The first-order chi connectivity index (χ1) is 9.84. The van der Waals surface area contributed by atoms with E-state index in [0.29, 0.717) is 19.8 Å². The van der Waals surface area contributed by atoms with Crippen LogP contribution in [0.3, 0.4) is 0 Å². The summed E-state index contributed by atoms with van der Waals surface area (Å²) in [6.07, 6.45) is 2.36. The Balaban J connectivity index is 1.57. The second-order valence-electron chi connectivity index (χ2n) is 4.91. The van der Waals surface area contributed by atoms with E-state index in [1.54, 1.807) is 11.3 Å². The van der Waals surface area contributed by atoms with Crippen molar-refractivity contribution in [2.75, 3.05) is 50.9 Å². The number of ether oxygens (including phenoxy) is 2. The maximum atomic E-state index is 12.4. The van der Waals surface area contributed by atoms with Crippen LogP contribution in [0.2, 0.25) is 0 Å². The molecule has 2 aliphatic rings. The largest absolute Gasteiger partial charge is 0.376 e. The molecule has 1 aromatic heterocycles. The molecule has 3 rings (SSSR count). The molecule has 0 aromatic carbocycles. The van der Waals surface area contributed by atoms with Gasteiger partial charge in [-0.15, -0.1) is 11.3 Å². The lowest BCUT2D eigenvalue weighted by atomic mass is 10.3. The van der Waals surface area contributed by atoms with Gasteiger partial charge in [0.25, 0.3) is 5.91 Å². The van der Waals surface area contributed by atoms with E-state index in [-0.39, 0.29) is 5.91 Å². The van der Waals surface area contributed by atoms with Crippen LogP contribution in [-0.2, 0) is 14.3 Å². The lowest BCUT2D eigenvalue weighted by Crippen LogP contribution is -2.46. The van der Waals surface area contributed by atoms with Gasteiger partial charge in [-0.2, -0.15) is 0 Å². The summed E-state index contributed by atoms with van der Waals surface area (Å²) in [6, 6.07) is 0. The van der Waals surface area contributed by atoms with Crippen molar-refractivity contribution in [3.8, 4) is 0 Å². The molecule has 2 saturated heterocycles. The zero-order chi connectivity index (χ0) is 13.8. The minimum absolute atomic E-state index is 0.0608. The van der Waals surface area contributed by atoms with Crippen molar-refractivity contribution in [2.45, 2.75) is 12.5 Å². The quantitative estimate of drug-likeness (QED) is 0.800. The van der Waals surface area contributed by atoms with E-state index < -0.39 is 6.10 Å². The van der Waals surface area contributed by atoms with Crippen molar-refractivity contribution in [3.05, 3.63) is 11.6 Å². The number of rotatable bonds is 2. The minimum Gasteiger partial charge on any atom is -0.376 e. The molecule has 2 fully saturated rings. The maximum absolute atomic E-state index is 12.4. The first kappa shape index (κ1) is 13.8. The Morgan fingerprint density at radius 3 is 3.00 bits per heavy atom. The topological polar surface area (TPSA) is 54.9 Å². The Bertz CT molecular complexity index is 434. The molecule has 1 atom stereocenters. The Labute approximate surface area is 122 Å². The van der Waals surface area contributed by atoms with Gasteiger partial charge < -0.3 is 19.3 Å². The zero-order valence-electron chi connectivity index (χ0n) is 11.4. The van der Waals surface area contributed by atoms with Gasteiger partial charge in [0.15, 0.2) is 11.2 Å². The Hall–Kier alpha value is -1.18. The predicted molar refractivity (Wildman–Crippen MR) is 76.1 cm³/mol. The summed E-state index contributed by atoms with van der Waals surface area (Å²) in [5.74, 6) is 0.0608. The summed E-state index contributed by atoms with van der Waals surface area (Å²) < 4.78 is 10.8. The molecule has 1 unspecified atom stereocenters. The van der Waals surface area contributed by atoms with Crippen LogP contribution in [0.5, 0.6) is 0 Å². The molecule has 110 valence electrons. The van der Waals surface area contributed by atoms with Crippen molar-refractivity contribution in [3.63, 3.8) is 0 Å². The molecule has 7 heteroatoms. The highest BCUT2D eigenvalue weighted by Gasteiger charge is 2.29. The van der Waals surface area contributed by atoms with Gasteiger partial charge in [-0.25, -0.2) is 4.98 Å². The van der Waals surface area contributed by atoms with E-state index >= 15 is 0 Å². The normalized spacial score (nSPS) is 24.5. The highest BCUT2D eigenvalue weighted by molar-refractivity contribution is 7.13. The summed E-state index contributed by atoms with van der Waals surface area (Å²) in [7, 11) is 0. The van der Waals surface area contributed by atoms with E-state index in [1.807, 2.05) is 16.5 Å². The Morgan fingerprint density at radius 1 is 1.30 bits per heavy atom. The number of nitrogens with zero attached hydrogens (tertiary/aromatic N) is 3. The van der Waals surface area contributed by atoms with Gasteiger partial charge in [0.1, 0.15) is 0 Å². The highest BCUT2D eigenvalue weighted by atomic mass is 32.1. The molecule has 0 bridgehead atoms. The number of anilines is 1. The highest BCUT2D eigenvalue weighted by Crippen LogP contribution is 2.19. The predicted octanol–water partition coefficient (Wildman–Crippen LogP) is 0.597. The number of thiazole rings is 1. The van der Waals surface area contributed by atoms with Crippen LogP contribution >= 0.6 is 11.3 Å². The molecule has 1 amide bonds.